The first kappa shape index (κ1) is 25.8. The second-order valence-electron chi connectivity index (χ2n) is 10.9. The van der Waals surface area contributed by atoms with E-state index in [0.29, 0.717) is 41.9 Å². The van der Waals surface area contributed by atoms with Gasteiger partial charge in [0, 0.05) is 46.7 Å². The van der Waals surface area contributed by atoms with E-state index in [1.807, 2.05) is 18.2 Å². The zero-order chi connectivity index (χ0) is 27.2. The minimum Gasteiger partial charge on any atom is -0.466 e. The number of nitrogens with zero attached hydrogens (tertiary/aromatic N) is 3. The number of pyridine rings is 1. The van der Waals surface area contributed by atoms with Gasteiger partial charge in [0.15, 0.2) is 11.6 Å². The molecule has 39 heavy (non-hydrogen) atoms. The van der Waals surface area contributed by atoms with Crippen LogP contribution in [0.1, 0.15) is 50.1 Å². The highest BCUT2D eigenvalue weighted by atomic mass is 19.1. The summed E-state index contributed by atoms with van der Waals surface area (Å²) >= 11 is 0. The molecular weight excluding hydrogens is 497 g/mol. The van der Waals surface area contributed by atoms with Crippen molar-refractivity contribution in [3.05, 3.63) is 71.4 Å². The minimum absolute atomic E-state index is 0.193. The van der Waals surface area contributed by atoms with E-state index < -0.39 is 11.8 Å². The van der Waals surface area contributed by atoms with Gasteiger partial charge in [0.25, 0.3) is 0 Å². The fourth-order valence-corrected chi connectivity index (χ4v) is 6.84. The molecule has 0 unspecified atom stereocenters. The summed E-state index contributed by atoms with van der Waals surface area (Å²) in [5.41, 5.74) is 4.16. The maximum absolute atomic E-state index is 15.2. The Kier molecular flexibility index (Phi) is 6.55. The van der Waals surface area contributed by atoms with Gasteiger partial charge in [0.1, 0.15) is 5.82 Å². The zero-order valence-electron chi connectivity index (χ0n) is 22.4. The van der Waals surface area contributed by atoms with E-state index in [1.165, 1.54) is 19.3 Å². The summed E-state index contributed by atoms with van der Waals surface area (Å²) in [5.74, 6) is -0.311. The van der Waals surface area contributed by atoms with E-state index >= 15 is 4.39 Å². The molecule has 2 aliphatic carbocycles. The third-order valence-electron chi connectivity index (χ3n) is 8.90. The Morgan fingerprint density at radius 1 is 1.15 bits per heavy atom. The second-order valence-corrected chi connectivity index (χ2v) is 10.9. The number of ether oxygens (including phenoxy) is 3. The predicted molar refractivity (Wildman–Crippen MR) is 144 cm³/mol. The van der Waals surface area contributed by atoms with Crippen LogP contribution in [0.25, 0.3) is 28.7 Å². The smallest absolute Gasteiger partial charge is 0.330 e. The third-order valence-corrected chi connectivity index (χ3v) is 8.90. The number of benzene rings is 1. The number of carbonyl (C=O) groups excluding carboxylic acids is 1. The molecule has 3 heterocycles. The number of carbonyl (C=O) groups is 1. The summed E-state index contributed by atoms with van der Waals surface area (Å²) in [6.45, 7) is 5.78. The molecule has 1 saturated carbocycles. The Bertz CT molecular complexity index is 1450. The molecule has 0 amide bonds. The van der Waals surface area contributed by atoms with Gasteiger partial charge in [0.05, 0.1) is 37.4 Å². The molecule has 6 rings (SSSR count). The third kappa shape index (κ3) is 4.36. The highest BCUT2D eigenvalue weighted by Gasteiger charge is 2.57. The lowest BCUT2D eigenvalue weighted by Gasteiger charge is -2.54. The quantitative estimate of drug-likeness (QED) is 0.325. The summed E-state index contributed by atoms with van der Waals surface area (Å²) in [6, 6.07) is 10.4. The standard InChI is InChI=1S/C31H32FN3O4/c1-19-24-10-9-23-27(22-6-4-5-7-25(22)32)34-29(20-12-15-33-21(18-20)8-11-26(36)37-3)35-28(23)30(24,2)13-14-31(19)38-16-17-39-31/h4-8,11-12,15,18-19,24H,9-10,13-14,16-17H2,1-3H3/b11-8+/t19-,24-,30-/m1/s1. The predicted octanol–water partition coefficient (Wildman–Crippen LogP) is 5.52. The minimum atomic E-state index is -0.530. The molecule has 0 bridgehead atoms. The fraction of sp³-hybridized carbons (Fsp3) is 0.419. The summed E-state index contributed by atoms with van der Waals surface area (Å²) in [4.78, 5) is 26.1. The molecule has 202 valence electrons. The molecule has 8 heteroatoms. The molecule has 7 nitrogen and oxygen atoms in total. The number of hydrogen-bond donors (Lipinski definition) is 0. The van der Waals surface area contributed by atoms with E-state index in [4.69, 9.17) is 24.2 Å². The van der Waals surface area contributed by atoms with Crippen LogP contribution < -0.4 is 0 Å². The van der Waals surface area contributed by atoms with Crippen LogP contribution >= 0.6 is 0 Å². The van der Waals surface area contributed by atoms with Gasteiger partial charge < -0.3 is 14.2 Å². The van der Waals surface area contributed by atoms with Crippen LogP contribution in [0.3, 0.4) is 0 Å². The SMILES string of the molecule is COC(=O)/C=C/c1cc(-c2nc(-c3ccccc3F)c3c(n2)[C@]2(C)CCC4(OCCO4)[C@H](C)[C@H]2CC3)ccn1. The van der Waals surface area contributed by atoms with Crippen LogP contribution in [0.2, 0.25) is 0 Å². The number of esters is 1. The van der Waals surface area contributed by atoms with Crippen molar-refractivity contribution >= 4 is 12.0 Å². The van der Waals surface area contributed by atoms with Crippen LogP contribution in [-0.4, -0.2) is 47.0 Å². The van der Waals surface area contributed by atoms with Crippen LogP contribution in [0.5, 0.6) is 0 Å². The van der Waals surface area contributed by atoms with Crippen LogP contribution in [0, 0.1) is 17.7 Å². The Hall–Kier alpha value is -3.49. The van der Waals surface area contributed by atoms with Crippen LogP contribution in [0.15, 0.2) is 48.7 Å². The van der Waals surface area contributed by atoms with Gasteiger partial charge in [-0.1, -0.05) is 26.0 Å². The zero-order valence-corrected chi connectivity index (χ0v) is 22.4. The van der Waals surface area contributed by atoms with E-state index in [9.17, 15) is 4.79 Å². The molecule has 2 fully saturated rings. The fourth-order valence-electron chi connectivity index (χ4n) is 6.84. The monoisotopic (exact) mass is 529 g/mol. The average Bonchev–Trinajstić information content (AvgIpc) is 3.44. The van der Waals surface area contributed by atoms with Crippen molar-refractivity contribution in [1.82, 2.24) is 15.0 Å². The van der Waals surface area contributed by atoms with Gasteiger partial charge in [-0.05, 0) is 55.5 Å². The summed E-state index contributed by atoms with van der Waals surface area (Å²) < 4.78 is 32.3. The van der Waals surface area contributed by atoms with Crippen molar-refractivity contribution in [2.75, 3.05) is 20.3 Å². The van der Waals surface area contributed by atoms with Gasteiger partial charge in [-0.2, -0.15) is 0 Å². The first-order valence-corrected chi connectivity index (χ1v) is 13.5. The Balaban J connectivity index is 1.50. The van der Waals surface area contributed by atoms with Crippen molar-refractivity contribution in [2.45, 2.75) is 50.7 Å². The summed E-state index contributed by atoms with van der Waals surface area (Å²) in [6.07, 6.45) is 7.89. The van der Waals surface area contributed by atoms with E-state index in [1.54, 1.807) is 24.4 Å². The molecule has 3 atom stereocenters. The highest BCUT2D eigenvalue weighted by molar-refractivity contribution is 5.86. The molecular formula is C31H32FN3O4. The average molecular weight is 530 g/mol. The molecule has 1 spiro atoms. The number of hydrogen-bond acceptors (Lipinski definition) is 7. The Labute approximate surface area is 227 Å². The summed E-state index contributed by atoms with van der Waals surface area (Å²) in [5, 5.41) is 0. The lowest BCUT2D eigenvalue weighted by Crippen LogP contribution is -2.55. The lowest BCUT2D eigenvalue weighted by molar-refractivity contribution is -0.234. The van der Waals surface area contributed by atoms with Crippen molar-refractivity contribution in [3.63, 3.8) is 0 Å². The number of aromatic nitrogens is 3. The topological polar surface area (TPSA) is 83.4 Å². The number of rotatable bonds is 4. The highest BCUT2D eigenvalue weighted by Crippen LogP contribution is 2.57. The Morgan fingerprint density at radius 3 is 2.72 bits per heavy atom. The van der Waals surface area contributed by atoms with E-state index in [0.717, 1.165) is 42.5 Å². The summed E-state index contributed by atoms with van der Waals surface area (Å²) in [7, 11) is 1.33. The largest absolute Gasteiger partial charge is 0.466 e. The Morgan fingerprint density at radius 2 is 1.95 bits per heavy atom. The van der Waals surface area contributed by atoms with Crippen molar-refractivity contribution < 1.29 is 23.4 Å². The van der Waals surface area contributed by atoms with Gasteiger partial charge in [0.2, 0.25) is 0 Å². The first-order chi connectivity index (χ1) is 18.8. The molecule has 3 aromatic rings. The lowest BCUT2D eigenvalue weighted by atomic mass is 9.54. The van der Waals surface area contributed by atoms with E-state index in [2.05, 4.69) is 18.8 Å². The number of halogens is 1. The van der Waals surface area contributed by atoms with Crippen molar-refractivity contribution in [3.8, 4) is 22.6 Å². The normalized spacial score (nSPS) is 25.4. The van der Waals surface area contributed by atoms with Gasteiger partial charge in [-0.25, -0.2) is 19.2 Å². The van der Waals surface area contributed by atoms with Crippen molar-refractivity contribution in [2.24, 2.45) is 11.8 Å². The van der Waals surface area contributed by atoms with Crippen LogP contribution in [0.4, 0.5) is 4.39 Å². The van der Waals surface area contributed by atoms with Gasteiger partial charge in [-0.3, -0.25) is 4.98 Å². The van der Waals surface area contributed by atoms with Crippen LogP contribution in [-0.2, 0) is 30.8 Å². The maximum atomic E-state index is 15.2. The molecule has 0 N–H and O–H groups in total. The maximum Gasteiger partial charge on any atom is 0.330 e. The second kappa shape index (κ2) is 9.92. The van der Waals surface area contributed by atoms with E-state index in [-0.39, 0.29) is 17.2 Å². The number of methoxy groups -OCH3 is 1. The molecule has 1 saturated heterocycles. The molecule has 1 aliphatic heterocycles. The molecule has 2 aromatic heterocycles. The molecule has 1 aromatic carbocycles. The van der Waals surface area contributed by atoms with Gasteiger partial charge >= 0.3 is 5.97 Å². The molecule has 0 radical (unpaired) electrons. The first-order valence-electron chi connectivity index (χ1n) is 13.5. The number of fused-ring (bicyclic) bond motifs is 3. The van der Waals surface area contributed by atoms with Gasteiger partial charge in [-0.15, -0.1) is 0 Å². The molecule has 3 aliphatic rings. The van der Waals surface area contributed by atoms with Crippen molar-refractivity contribution in [1.29, 1.82) is 0 Å².